The molecule has 15 heavy (non-hydrogen) atoms. The molecule has 0 aliphatic rings. The first-order valence-corrected chi connectivity index (χ1v) is 4.58. The Morgan fingerprint density at radius 2 is 1.87 bits per heavy atom. The van der Waals surface area contributed by atoms with Crippen LogP contribution in [-0.2, 0) is 14.3 Å². The minimum atomic E-state index is -0.421. The summed E-state index contributed by atoms with van der Waals surface area (Å²) in [6.07, 6.45) is 1.34. The fourth-order valence-electron chi connectivity index (χ4n) is 1.26. The Bertz CT molecular complexity index is 380. The Morgan fingerprint density at radius 1 is 1.20 bits per heavy atom. The molecule has 0 atom stereocenters. The van der Waals surface area contributed by atoms with E-state index in [2.05, 4.69) is 4.74 Å². The van der Waals surface area contributed by atoms with Crippen LogP contribution in [0.5, 0.6) is 0 Å². The Morgan fingerprint density at radius 3 is 2.40 bits per heavy atom. The van der Waals surface area contributed by atoms with Gasteiger partial charge < -0.3 is 9.47 Å². The van der Waals surface area contributed by atoms with Crippen molar-refractivity contribution in [1.29, 1.82) is 0 Å². The summed E-state index contributed by atoms with van der Waals surface area (Å²) in [7, 11) is 2.87. The highest BCUT2D eigenvalue weighted by Crippen LogP contribution is 2.18. The van der Waals surface area contributed by atoms with E-state index in [1.54, 1.807) is 0 Å². The first-order chi connectivity index (χ1) is 7.19. The van der Waals surface area contributed by atoms with Crippen LogP contribution in [0.3, 0.4) is 0 Å². The number of carbonyl (C=O) groups excluding carboxylic acids is 1. The lowest BCUT2D eigenvalue weighted by molar-refractivity contribution is -0.134. The van der Waals surface area contributed by atoms with Crippen molar-refractivity contribution >= 4 is 11.7 Å². The Labute approximate surface area is 89.3 Å². The van der Waals surface area contributed by atoms with Crippen molar-refractivity contribution < 1.29 is 14.3 Å². The molecule has 0 saturated carbocycles. The number of rotatable bonds is 3. The summed E-state index contributed by atoms with van der Waals surface area (Å²) < 4.78 is 9.70. The van der Waals surface area contributed by atoms with Crippen LogP contribution >= 0.6 is 0 Å². The molecule has 3 heteroatoms. The maximum atomic E-state index is 11.1. The molecule has 0 aliphatic heterocycles. The highest BCUT2D eigenvalue weighted by Gasteiger charge is 2.07. The van der Waals surface area contributed by atoms with Crippen molar-refractivity contribution in [3.05, 3.63) is 41.5 Å². The minimum Gasteiger partial charge on any atom is -0.496 e. The third-order valence-electron chi connectivity index (χ3n) is 2.08. The summed E-state index contributed by atoms with van der Waals surface area (Å²) in [6, 6.07) is 7.68. The van der Waals surface area contributed by atoms with Gasteiger partial charge in [-0.15, -0.1) is 0 Å². The molecule has 0 fully saturated rings. The molecule has 0 spiro atoms. The van der Waals surface area contributed by atoms with E-state index in [1.807, 2.05) is 31.2 Å². The number of hydrogen-bond acceptors (Lipinski definition) is 3. The van der Waals surface area contributed by atoms with Gasteiger partial charge in [-0.05, 0) is 12.5 Å². The molecule has 0 radical (unpaired) electrons. The number of benzene rings is 1. The monoisotopic (exact) mass is 206 g/mol. The second-order valence-electron chi connectivity index (χ2n) is 3.05. The van der Waals surface area contributed by atoms with Gasteiger partial charge in [0.1, 0.15) is 5.76 Å². The fraction of sp³-hybridized carbons (Fsp3) is 0.250. The maximum absolute atomic E-state index is 11.1. The summed E-state index contributed by atoms with van der Waals surface area (Å²) in [5.41, 5.74) is 1.94. The van der Waals surface area contributed by atoms with Crippen molar-refractivity contribution in [2.24, 2.45) is 0 Å². The van der Waals surface area contributed by atoms with E-state index >= 15 is 0 Å². The highest BCUT2D eigenvalue weighted by atomic mass is 16.5. The third kappa shape index (κ3) is 2.84. The van der Waals surface area contributed by atoms with Crippen molar-refractivity contribution in [1.82, 2.24) is 0 Å². The van der Waals surface area contributed by atoms with Gasteiger partial charge in [0.15, 0.2) is 0 Å². The molecule has 0 bridgehead atoms. The number of ether oxygens (including phenoxy) is 2. The van der Waals surface area contributed by atoms with Crippen molar-refractivity contribution in [2.75, 3.05) is 14.2 Å². The normalized spacial score (nSPS) is 11.0. The molecule has 0 aromatic heterocycles. The lowest BCUT2D eigenvalue weighted by Crippen LogP contribution is -1.99. The fourth-order valence-corrected chi connectivity index (χ4v) is 1.26. The number of aryl methyl sites for hydroxylation is 1. The number of carbonyl (C=O) groups is 1. The Balaban J connectivity index is 3.08. The molecule has 1 aromatic rings. The Kier molecular flexibility index (Phi) is 3.92. The molecule has 80 valence electrons. The molecular weight excluding hydrogens is 192 g/mol. The lowest BCUT2D eigenvalue weighted by atomic mass is 10.1. The van der Waals surface area contributed by atoms with Gasteiger partial charge in [-0.1, -0.05) is 24.3 Å². The number of methoxy groups -OCH3 is 2. The SMILES string of the molecule is COC(=O)/C=C(\OC)c1ccccc1C. The van der Waals surface area contributed by atoms with Gasteiger partial charge in [0.05, 0.1) is 20.3 Å². The van der Waals surface area contributed by atoms with Gasteiger partial charge in [-0.25, -0.2) is 4.79 Å². The van der Waals surface area contributed by atoms with E-state index in [9.17, 15) is 4.79 Å². The molecule has 0 unspecified atom stereocenters. The largest absolute Gasteiger partial charge is 0.496 e. The molecule has 0 aliphatic carbocycles. The maximum Gasteiger partial charge on any atom is 0.334 e. The predicted molar refractivity (Wildman–Crippen MR) is 58.2 cm³/mol. The van der Waals surface area contributed by atoms with Crippen LogP contribution in [0.2, 0.25) is 0 Å². The summed E-state index contributed by atoms with van der Waals surface area (Å²) in [5.74, 6) is 0.0926. The lowest BCUT2D eigenvalue weighted by Gasteiger charge is -2.08. The molecule has 3 nitrogen and oxygen atoms in total. The van der Waals surface area contributed by atoms with Crippen LogP contribution in [0.1, 0.15) is 11.1 Å². The number of hydrogen-bond donors (Lipinski definition) is 0. The third-order valence-corrected chi connectivity index (χ3v) is 2.08. The van der Waals surface area contributed by atoms with Crippen LogP contribution in [0.15, 0.2) is 30.3 Å². The highest BCUT2D eigenvalue weighted by molar-refractivity contribution is 5.90. The molecule has 1 rings (SSSR count). The molecule has 0 heterocycles. The molecule has 1 aromatic carbocycles. The predicted octanol–water partition coefficient (Wildman–Crippen LogP) is 2.16. The van der Waals surface area contributed by atoms with Gasteiger partial charge >= 0.3 is 5.97 Å². The van der Waals surface area contributed by atoms with Crippen LogP contribution in [0, 0.1) is 6.92 Å². The van der Waals surface area contributed by atoms with Crippen LogP contribution < -0.4 is 0 Å². The van der Waals surface area contributed by atoms with E-state index in [1.165, 1.54) is 20.3 Å². The first kappa shape index (κ1) is 11.3. The summed E-state index contributed by atoms with van der Waals surface area (Å²) in [5, 5.41) is 0. The van der Waals surface area contributed by atoms with Gasteiger partial charge in [0.2, 0.25) is 0 Å². The first-order valence-electron chi connectivity index (χ1n) is 4.58. The van der Waals surface area contributed by atoms with Crippen LogP contribution in [0.25, 0.3) is 5.76 Å². The quantitative estimate of drug-likeness (QED) is 0.432. The van der Waals surface area contributed by atoms with Crippen molar-refractivity contribution in [3.63, 3.8) is 0 Å². The van der Waals surface area contributed by atoms with E-state index < -0.39 is 5.97 Å². The van der Waals surface area contributed by atoms with E-state index in [4.69, 9.17) is 4.74 Å². The summed E-state index contributed by atoms with van der Waals surface area (Å²) in [4.78, 5) is 11.1. The average Bonchev–Trinajstić information content (AvgIpc) is 2.26. The number of esters is 1. The topological polar surface area (TPSA) is 35.5 Å². The molecule has 0 saturated heterocycles. The van der Waals surface area contributed by atoms with Gasteiger partial charge in [-0.3, -0.25) is 0 Å². The van der Waals surface area contributed by atoms with Crippen LogP contribution in [0.4, 0.5) is 0 Å². The zero-order valence-corrected chi connectivity index (χ0v) is 9.11. The molecule has 0 amide bonds. The summed E-state index contributed by atoms with van der Waals surface area (Å²) >= 11 is 0. The summed E-state index contributed by atoms with van der Waals surface area (Å²) in [6.45, 7) is 1.96. The molecule has 0 N–H and O–H groups in total. The van der Waals surface area contributed by atoms with E-state index in [0.717, 1.165) is 11.1 Å². The minimum absolute atomic E-state index is 0.421. The standard InChI is InChI=1S/C12H14O3/c1-9-6-4-5-7-10(9)11(14-2)8-12(13)15-3/h4-8H,1-3H3/b11-8-. The second-order valence-corrected chi connectivity index (χ2v) is 3.05. The van der Waals surface area contributed by atoms with Crippen LogP contribution in [-0.4, -0.2) is 20.2 Å². The van der Waals surface area contributed by atoms with Crippen molar-refractivity contribution in [3.8, 4) is 0 Å². The Hall–Kier alpha value is -1.77. The average molecular weight is 206 g/mol. The smallest absolute Gasteiger partial charge is 0.334 e. The zero-order valence-electron chi connectivity index (χ0n) is 9.11. The zero-order chi connectivity index (χ0) is 11.3. The second kappa shape index (κ2) is 5.20. The van der Waals surface area contributed by atoms with Crippen molar-refractivity contribution in [2.45, 2.75) is 6.92 Å². The van der Waals surface area contributed by atoms with Gasteiger partial charge in [0, 0.05) is 5.56 Å². The van der Waals surface area contributed by atoms with Gasteiger partial charge in [0.25, 0.3) is 0 Å². The van der Waals surface area contributed by atoms with Gasteiger partial charge in [-0.2, -0.15) is 0 Å². The van der Waals surface area contributed by atoms with E-state index in [0.29, 0.717) is 5.76 Å². The van der Waals surface area contributed by atoms with E-state index in [-0.39, 0.29) is 0 Å². The molecular formula is C12H14O3.